The smallest absolute Gasteiger partial charge is 0.180 e. The van der Waals surface area contributed by atoms with Gasteiger partial charge in [0.25, 0.3) is 0 Å². The Bertz CT molecular complexity index is 246. The van der Waals surface area contributed by atoms with Gasteiger partial charge in [0.1, 0.15) is 5.75 Å². The van der Waals surface area contributed by atoms with Crippen molar-refractivity contribution in [3.05, 3.63) is 29.8 Å². The molecule has 0 aliphatic rings. The van der Waals surface area contributed by atoms with Gasteiger partial charge in [-0.15, -0.1) is 0 Å². The normalized spacial score (nSPS) is 12.5. The minimum atomic E-state index is -1.09. The van der Waals surface area contributed by atoms with Crippen LogP contribution in [0.1, 0.15) is 24.0 Å². The zero-order valence-corrected chi connectivity index (χ0v) is 9.05. The summed E-state index contributed by atoms with van der Waals surface area (Å²) in [6, 6.07) is 6.98. The molecule has 0 saturated carbocycles. The van der Waals surface area contributed by atoms with E-state index in [1.54, 1.807) is 24.3 Å². The second kappa shape index (κ2) is 5.22. The second-order valence-corrected chi connectivity index (χ2v) is 3.52. The first-order chi connectivity index (χ1) is 6.24. The van der Waals surface area contributed by atoms with E-state index in [0.717, 1.165) is 12.2 Å². The van der Waals surface area contributed by atoms with Crippen LogP contribution in [0, 0.1) is 0 Å². The summed E-state index contributed by atoms with van der Waals surface area (Å²) in [7, 11) is 0. The lowest BCUT2D eigenvalue weighted by Crippen LogP contribution is -1.94. The van der Waals surface area contributed by atoms with Gasteiger partial charge in [-0.25, -0.2) is 4.39 Å². The molecule has 0 amide bonds. The molecule has 1 rings (SSSR count). The van der Waals surface area contributed by atoms with E-state index in [0.29, 0.717) is 12.2 Å². The second-order valence-electron chi connectivity index (χ2n) is 2.72. The van der Waals surface area contributed by atoms with Crippen LogP contribution in [0.3, 0.4) is 0 Å². The number of rotatable bonds is 4. The van der Waals surface area contributed by atoms with Crippen LogP contribution in [-0.2, 0) is 0 Å². The van der Waals surface area contributed by atoms with Gasteiger partial charge in [-0.05, 0) is 40.0 Å². The van der Waals surface area contributed by atoms with E-state index in [2.05, 4.69) is 15.9 Å². The number of hydrogen-bond acceptors (Lipinski definition) is 1. The number of alkyl halides is 2. The maximum absolute atomic E-state index is 12.7. The van der Waals surface area contributed by atoms with Gasteiger partial charge in [-0.2, -0.15) is 0 Å². The summed E-state index contributed by atoms with van der Waals surface area (Å²) in [6.07, 6.45) is 0.978. The summed E-state index contributed by atoms with van der Waals surface area (Å²) >= 11 is 2.85. The largest absolute Gasteiger partial charge is 0.494 e. The fourth-order valence-corrected chi connectivity index (χ4v) is 1.23. The summed E-state index contributed by atoms with van der Waals surface area (Å²) in [5.41, 5.74) is 0.615. The fraction of sp³-hybridized carbons (Fsp3) is 0.400. The summed E-state index contributed by atoms with van der Waals surface area (Å²) in [5.74, 6) is 0.791. The van der Waals surface area contributed by atoms with Crippen molar-refractivity contribution in [1.29, 1.82) is 0 Å². The Morgan fingerprint density at radius 1 is 1.38 bits per heavy atom. The molecule has 1 aromatic rings. The maximum Gasteiger partial charge on any atom is 0.180 e. The third-order valence-corrected chi connectivity index (χ3v) is 2.13. The molecule has 1 nitrogen and oxygen atoms in total. The van der Waals surface area contributed by atoms with Gasteiger partial charge in [-0.3, -0.25) is 0 Å². The Morgan fingerprint density at radius 2 is 2.00 bits per heavy atom. The summed E-state index contributed by atoms with van der Waals surface area (Å²) in [5, 5.41) is -1.09. The molecule has 72 valence electrons. The van der Waals surface area contributed by atoms with Crippen LogP contribution in [-0.4, -0.2) is 6.61 Å². The molecule has 0 aromatic heterocycles. The Morgan fingerprint density at radius 3 is 2.46 bits per heavy atom. The van der Waals surface area contributed by atoms with E-state index >= 15 is 0 Å². The number of halogens is 2. The van der Waals surface area contributed by atoms with E-state index < -0.39 is 5.08 Å². The van der Waals surface area contributed by atoms with Gasteiger partial charge in [0, 0.05) is 0 Å². The molecule has 0 radical (unpaired) electrons. The first-order valence-electron chi connectivity index (χ1n) is 4.25. The fourth-order valence-electron chi connectivity index (χ4n) is 0.929. The molecule has 1 atom stereocenters. The molecule has 0 spiro atoms. The topological polar surface area (TPSA) is 9.23 Å². The van der Waals surface area contributed by atoms with Gasteiger partial charge in [-0.1, -0.05) is 19.1 Å². The molecule has 1 aromatic carbocycles. The van der Waals surface area contributed by atoms with Crippen molar-refractivity contribution < 1.29 is 9.13 Å². The summed E-state index contributed by atoms with van der Waals surface area (Å²) in [6.45, 7) is 2.75. The lowest BCUT2D eigenvalue weighted by molar-refractivity contribution is 0.317. The van der Waals surface area contributed by atoms with Gasteiger partial charge >= 0.3 is 0 Å². The first kappa shape index (κ1) is 10.5. The molecule has 0 heterocycles. The SMILES string of the molecule is CCCOc1ccc(C(F)Br)cc1. The Hall–Kier alpha value is -0.570. The number of benzene rings is 1. The van der Waals surface area contributed by atoms with Crippen LogP contribution >= 0.6 is 15.9 Å². The van der Waals surface area contributed by atoms with Gasteiger partial charge in [0.05, 0.1) is 6.61 Å². The molecular weight excluding hydrogens is 235 g/mol. The van der Waals surface area contributed by atoms with Crippen LogP contribution in [0.15, 0.2) is 24.3 Å². The van der Waals surface area contributed by atoms with Gasteiger partial charge in [0.2, 0.25) is 0 Å². The zero-order chi connectivity index (χ0) is 9.68. The molecule has 3 heteroatoms. The molecule has 0 aliphatic carbocycles. The minimum Gasteiger partial charge on any atom is -0.494 e. The van der Waals surface area contributed by atoms with E-state index in [4.69, 9.17) is 4.74 Å². The average molecular weight is 247 g/mol. The monoisotopic (exact) mass is 246 g/mol. The van der Waals surface area contributed by atoms with Crippen molar-refractivity contribution in [3.63, 3.8) is 0 Å². The van der Waals surface area contributed by atoms with Crippen molar-refractivity contribution in [2.24, 2.45) is 0 Å². The predicted molar refractivity (Wildman–Crippen MR) is 55.0 cm³/mol. The highest BCUT2D eigenvalue weighted by atomic mass is 79.9. The molecule has 0 bridgehead atoms. The molecule has 0 fully saturated rings. The molecule has 0 saturated heterocycles. The number of hydrogen-bond donors (Lipinski definition) is 0. The Kier molecular flexibility index (Phi) is 4.22. The number of ether oxygens (including phenoxy) is 1. The standard InChI is InChI=1S/C10H12BrFO/c1-2-7-13-9-5-3-8(4-6-9)10(11)12/h3-6,10H,2,7H2,1H3. The molecule has 0 N–H and O–H groups in total. The van der Waals surface area contributed by atoms with Crippen LogP contribution < -0.4 is 4.74 Å². The summed E-state index contributed by atoms with van der Waals surface area (Å²) < 4.78 is 18.0. The van der Waals surface area contributed by atoms with Gasteiger partial charge < -0.3 is 4.74 Å². The predicted octanol–water partition coefficient (Wildman–Crippen LogP) is 3.84. The van der Waals surface area contributed by atoms with Crippen molar-refractivity contribution in [1.82, 2.24) is 0 Å². The van der Waals surface area contributed by atoms with Crippen LogP contribution in [0.5, 0.6) is 5.75 Å². The Labute approximate surface area is 86.0 Å². The van der Waals surface area contributed by atoms with E-state index in [1.807, 2.05) is 6.92 Å². The molecule has 0 aliphatic heterocycles. The lowest BCUT2D eigenvalue weighted by atomic mass is 10.2. The first-order valence-corrected chi connectivity index (χ1v) is 5.16. The van der Waals surface area contributed by atoms with E-state index in [1.165, 1.54) is 0 Å². The zero-order valence-electron chi connectivity index (χ0n) is 7.47. The van der Waals surface area contributed by atoms with Crippen molar-refractivity contribution in [2.45, 2.75) is 18.4 Å². The highest BCUT2D eigenvalue weighted by Gasteiger charge is 2.03. The highest BCUT2D eigenvalue weighted by molar-refractivity contribution is 9.09. The van der Waals surface area contributed by atoms with Crippen molar-refractivity contribution >= 4 is 15.9 Å². The summed E-state index contributed by atoms with van der Waals surface area (Å²) in [4.78, 5) is 0. The van der Waals surface area contributed by atoms with Crippen molar-refractivity contribution in [2.75, 3.05) is 6.61 Å². The third kappa shape index (κ3) is 3.35. The molecular formula is C10H12BrFO. The molecule has 1 unspecified atom stereocenters. The third-order valence-electron chi connectivity index (χ3n) is 1.60. The van der Waals surface area contributed by atoms with Crippen molar-refractivity contribution in [3.8, 4) is 5.75 Å². The molecule has 13 heavy (non-hydrogen) atoms. The highest BCUT2D eigenvalue weighted by Crippen LogP contribution is 2.25. The van der Waals surface area contributed by atoms with Crippen LogP contribution in [0.4, 0.5) is 4.39 Å². The minimum absolute atomic E-state index is 0.615. The average Bonchev–Trinajstić information content (AvgIpc) is 2.15. The van der Waals surface area contributed by atoms with Gasteiger partial charge in [0.15, 0.2) is 5.08 Å². The van der Waals surface area contributed by atoms with E-state index in [-0.39, 0.29) is 0 Å². The maximum atomic E-state index is 12.7. The van der Waals surface area contributed by atoms with Crippen LogP contribution in [0.25, 0.3) is 0 Å². The van der Waals surface area contributed by atoms with Crippen LogP contribution in [0.2, 0.25) is 0 Å². The lowest BCUT2D eigenvalue weighted by Gasteiger charge is -2.05. The van der Waals surface area contributed by atoms with E-state index in [9.17, 15) is 4.39 Å². The Balaban J connectivity index is 2.59. The quantitative estimate of drug-likeness (QED) is 0.734.